The SMILES string of the molecule is NN=C(C=NCc1ccccc1)CNC(=O)c1ccccc1. The molecule has 112 valence electrons. The number of carbonyl (C=O) groups excluding carboxylic acids is 1. The Morgan fingerprint density at radius 2 is 1.68 bits per heavy atom. The van der Waals surface area contributed by atoms with Crippen molar-refractivity contribution in [2.75, 3.05) is 6.54 Å². The highest BCUT2D eigenvalue weighted by molar-refractivity contribution is 6.32. The lowest BCUT2D eigenvalue weighted by atomic mass is 10.2. The van der Waals surface area contributed by atoms with Crippen LogP contribution in [-0.2, 0) is 6.54 Å². The smallest absolute Gasteiger partial charge is 0.251 e. The Balaban J connectivity index is 1.84. The Bertz CT molecular complexity index is 651. The zero-order valence-electron chi connectivity index (χ0n) is 12.1. The first-order chi connectivity index (χ1) is 10.8. The number of carbonyl (C=O) groups is 1. The van der Waals surface area contributed by atoms with Crippen molar-refractivity contribution in [2.24, 2.45) is 15.9 Å². The minimum Gasteiger partial charge on any atom is -0.346 e. The maximum absolute atomic E-state index is 11.9. The Kier molecular flexibility index (Phi) is 5.87. The Hall–Kier alpha value is -2.95. The monoisotopic (exact) mass is 294 g/mol. The average Bonchev–Trinajstić information content (AvgIpc) is 2.59. The zero-order valence-corrected chi connectivity index (χ0v) is 12.1. The van der Waals surface area contributed by atoms with E-state index in [-0.39, 0.29) is 12.5 Å². The quantitative estimate of drug-likeness (QED) is 0.485. The molecule has 0 atom stereocenters. The van der Waals surface area contributed by atoms with E-state index in [0.29, 0.717) is 17.8 Å². The third kappa shape index (κ3) is 4.86. The molecule has 3 N–H and O–H groups in total. The van der Waals surface area contributed by atoms with Crippen molar-refractivity contribution >= 4 is 17.8 Å². The van der Waals surface area contributed by atoms with Gasteiger partial charge in [0.2, 0.25) is 0 Å². The summed E-state index contributed by atoms with van der Waals surface area (Å²) >= 11 is 0. The predicted octanol–water partition coefficient (Wildman–Crippen LogP) is 2.00. The molecule has 0 heterocycles. The number of nitrogens with zero attached hydrogens (tertiary/aromatic N) is 2. The van der Waals surface area contributed by atoms with Gasteiger partial charge in [-0.2, -0.15) is 5.10 Å². The number of hydrogen-bond acceptors (Lipinski definition) is 4. The highest BCUT2D eigenvalue weighted by atomic mass is 16.1. The maximum atomic E-state index is 11.9. The zero-order chi connectivity index (χ0) is 15.6. The minimum absolute atomic E-state index is 0.168. The van der Waals surface area contributed by atoms with Crippen molar-refractivity contribution in [1.29, 1.82) is 0 Å². The molecule has 0 aliphatic heterocycles. The Morgan fingerprint density at radius 3 is 2.32 bits per heavy atom. The van der Waals surface area contributed by atoms with E-state index in [0.717, 1.165) is 5.56 Å². The van der Waals surface area contributed by atoms with E-state index in [1.807, 2.05) is 48.5 Å². The van der Waals surface area contributed by atoms with E-state index >= 15 is 0 Å². The molecule has 0 fully saturated rings. The van der Waals surface area contributed by atoms with Gasteiger partial charge in [0.15, 0.2) is 0 Å². The van der Waals surface area contributed by atoms with E-state index in [1.54, 1.807) is 18.3 Å². The van der Waals surface area contributed by atoms with Crippen molar-refractivity contribution < 1.29 is 4.79 Å². The topological polar surface area (TPSA) is 79.8 Å². The molecule has 0 saturated carbocycles. The first kappa shape index (κ1) is 15.4. The summed E-state index contributed by atoms with van der Waals surface area (Å²) in [5, 5.41) is 6.40. The summed E-state index contributed by atoms with van der Waals surface area (Å²) < 4.78 is 0. The minimum atomic E-state index is -0.168. The molecule has 5 nitrogen and oxygen atoms in total. The number of amides is 1. The van der Waals surface area contributed by atoms with Gasteiger partial charge in [0.1, 0.15) is 0 Å². The lowest BCUT2D eigenvalue weighted by Crippen LogP contribution is -2.30. The fourth-order valence-corrected chi connectivity index (χ4v) is 1.83. The van der Waals surface area contributed by atoms with Crippen molar-refractivity contribution in [3.8, 4) is 0 Å². The van der Waals surface area contributed by atoms with Gasteiger partial charge in [-0.05, 0) is 17.7 Å². The van der Waals surface area contributed by atoms with Crippen LogP contribution in [0.4, 0.5) is 0 Å². The highest BCUT2D eigenvalue weighted by Crippen LogP contribution is 1.99. The van der Waals surface area contributed by atoms with Gasteiger partial charge in [-0.3, -0.25) is 9.79 Å². The van der Waals surface area contributed by atoms with Gasteiger partial charge in [-0.15, -0.1) is 0 Å². The van der Waals surface area contributed by atoms with Crippen molar-refractivity contribution in [3.63, 3.8) is 0 Å². The molecule has 0 unspecified atom stereocenters. The van der Waals surface area contributed by atoms with E-state index in [1.165, 1.54) is 0 Å². The summed E-state index contributed by atoms with van der Waals surface area (Å²) in [6.07, 6.45) is 1.58. The van der Waals surface area contributed by atoms with E-state index in [2.05, 4.69) is 15.4 Å². The van der Waals surface area contributed by atoms with Crippen molar-refractivity contribution in [2.45, 2.75) is 6.54 Å². The summed E-state index contributed by atoms with van der Waals surface area (Å²) in [6, 6.07) is 18.9. The predicted molar refractivity (Wildman–Crippen MR) is 89.0 cm³/mol. The number of hydrogen-bond donors (Lipinski definition) is 2. The number of nitrogens with one attached hydrogen (secondary N) is 1. The van der Waals surface area contributed by atoms with Gasteiger partial charge in [-0.25, -0.2) is 0 Å². The molecule has 22 heavy (non-hydrogen) atoms. The second-order valence-electron chi connectivity index (χ2n) is 4.62. The molecule has 1 amide bonds. The lowest BCUT2D eigenvalue weighted by Gasteiger charge is -2.04. The molecule has 0 saturated heterocycles. The summed E-state index contributed by atoms with van der Waals surface area (Å²) in [4.78, 5) is 16.2. The number of nitrogens with two attached hydrogens (primary N) is 1. The highest BCUT2D eigenvalue weighted by Gasteiger charge is 2.04. The molecule has 0 aromatic heterocycles. The molecule has 0 radical (unpaired) electrons. The van der Waals surface area contributed by atoms with Crippen LogP contribution in [0.3, 0.4) is 0 Å². The van der Waals surface area contributed by atoms with Crippen LogP contribution in [0.2, 0.25) is 0 Å². The fourth-order valence-electron chi connectivity index (χ4n) is 1.83. The lowest BCUT2D eigenvalue weighted by molar-refractivity contribution is 0.0959. The molecule has 0 bridgehead atoms. The normalized spacial score (nSPS) is 11.5. The van der Waals surface area contributed by atoms with Gasteiger partial charge in [0.25, 0.3) is 5.91 Å². The summed E-state index contributed by atoms with van der Waals surface area (Å²) in [5.41, 5.74) is 2.21. The van der Waals surface area contributed by atoms with Crippen molar-refractivity contribution in [1.82, 2.24) is 5.32 Å². The molecular formula is C17H18N4O. The van der Waals surface area contributed by atoms with Crippen LogP contribution < -0.4 is 11.2 Å². The standard InChI is InChI=1S/C17H18N4O/c18-21-16(12-19-11-14-7-3-1-4-8-14)13-20-17(22)15-9-5-2-6-10-15/h1-10,12H,11,13,18H2,(H,20,22). The largest absolute Gasteiger partial charge is 0.346 e. The van der Waals surface area contributed by atoms with Crippen LogP contribution >= 0.6 is 0 Å². The van der Waals surface area contributed by atoms with Crippen LogP contribution in [0.15, 0.2) is 70.8 Å². The second kappa shape index (κ2) is 8.36. The average molecular weight is 294 g/mol. The second-order valence-corrected chi connectivity index (χ2v) is 4.62. The molecule has 2 aromatic rings. The molecular weight excluding hydrogens is 276 g/mol. The molecule has 2 aromatic carbocycles. The van der Waals surface area contributed by atoms with Gasteiger partial charge in [0, 0.05) is 11.8 Å². The van der Waals surface area contributed by atoms with Gasteiger partial charge >= 0.3 is 0 Å². The molecule has 5 heteroatoms. The first-order valence-electron chi connectivity index (χ1n) is 6.93. The Morgan fingerprint density at radius 1 is 1.05 bits per heavy atom. The summed E-state index contributed by atoms with van der Waals surface area (Å²) in [7, 11) is 0. The van der Waals surface area contributed by atoms with Crippen LogP contribution in [0.25, 0.3) is 0 Å². The molecule has 2 rings (SSSR count). The number of benzene rings is 2. The van der Waals surface area contributed by atoms with E-state index in [4.69, 9.17) is 5.84 Å². The maximum Gasteiger partial charge on any atom is 0.251 e. The third-order valence-electron chi connectivity index (χ3n) is 2.99. The van der Waals surface area contributed by atoms with Crippen LogP contribution in [0, 0.1) is 0 Å². The van der Waals surface area contributed by atoms with Gasteiger partial charge < -0.3 is 11.2 Å². The molecule has 0 spiro atoms. The third-order valence-corrected chi connectivity index (χ3v) is 2.99. The van der Waals surface area contributed by atoms with E-state index < -0.39 is 0 Å². The molecule has 0 aliphatic rings. The van der Waals surface area contributed by atoms with Crippen LogP contribution in [-0.4, -0.2) is 24.4 Å². The van der Waals surface area contributed by atoms with E-state index in [9.17, 15) is 4.79 Å². The van der Waals surface area contributed by atoms with Crippen molar-refractivity contribution in [3.05, 3.63) is 71.8 Å². The first-order valence-corrected chi connectivity index (χ1v) is 6.93. The fraction of sp³-hybridized carbons (Fsp3) is 0.118. The van der Waals surface area contributed by atoms with Gasteiger partial charge in [0.05, 0.1) is 18.8 Å². The van der Waals surface area contributed by atoms with Crippen LogP contribution in [0.5, 0.6) is 0 Å². The number of hydrazone groups is 1. The Labute approximate surface area is 129 Å². The summed E-state index contributed by atoms with van der Waals surface area (Å²) in [5.74, 6) is 5.15. The number of aliphatic imine (C=N–C) groups is 1. The van der Waals surface area contributed by atoms with Gasteiger partial charge in [-0.1, -0.05) is 48.5 Å². The number of rotatable bonds is 6. The molecule has 0 aliphatic carbocycles. The van der Waals surface area contributed by atoms with Crippen LogP contribution in [0.1, 0.15) is 15.9 Å². The summed E-state index contributed by atoms with van der Waals surface area (Å²) in [6.45, 7) is 0.787.